The van der Waals surface area contributed by atoms with Gasteiger partial charge < -0.3 is 19.3 Å². The van der Waals surface area contributed by atoms with Crippen molar-refractivity contribution in [2.45, 2.75) is 12.6 Å². The molecule has 4 rings (SSSR count). The van der Waals surface area contributed by atoms with Crippen LogP contribution in [0.15, 0.2) is 57.5 Å². The summed E-state index contributed by atoms with van der Waals surface area (Å²) in [6, 6.07) is 14.8. The van der Waals surface area contributed by atoms with Crippen molar-refractivity contribution in [1.82, 2.24) is 15.5 Å². The van der Waals surface area contributed by atoms with Crippen LogP contribution in [0.1, 0.15) is 5.89 Å². The Morgan fingerprint density at radius 3 is 2.88 bits per heavy atom. The molecule has 0 spiro atoms. The van der Waals surface area contributed by atoms with Crippen molar-refractivity contribution in [3.05, 3.63) is 58.9 Å². The fraction of sp³-hybridized carbons (Fsp3) is 0.167. The number of fused-ring (bicyclic) bond motifs is 1. The van der Waals surface area contributed by atoms with E-state index >= 15 is 0 Å². The van der Waals surface area contributed by atoms with Crippen molar-refractivity contribution >= 4 is 21.8 Å². The van der Waals surface area contributed by atoms with E-state index in [-0.39, 0.29) is 19.1 Å². The molecule has 1 atom stereocenters. The van der Waals surface area contributed by atoms with Crippen molar-refractivity contribution in [3.8, 4) is 22.9 Å². The number of hydrogen-bond donors (Lipinski definition) is 1. The van der Waals surface area contributed by atoms with E-state index in [1.165, 1.54) is 0 Å². The van der Waals surface area contributed by atoms with Crippen LogP contribution in [0.5, 0.6) is 11.5 Å². The van der Waals surface area contributed by atoms with Gasteiger partial charge in [0, 0.05) is 10.0 Å². The lowest BCUT2D eigenvalue weighted by Gasteiger charge is -2.25. The van der Waals surface area contributed by atoms with Crippen LogP contribution in [-0.2, 0) is 11.3 Å². The predicted octanol–water partition coefficient (Wildman–Crippen LogP) is 2.96. The number of carbonyl (C=O) groups excluding carboxylic acids is 1. The summed E-state index contributed by atoms with van der Waals surface area (Å²) in [6.07, 6.45) is -0.725. The molecule has 3 aromatic rings. The van der Waals surface area contributed by atoms with Crippen molar-refractivity contribution in [1.29, 1.82) is 0 Å². The highest BCUT2D eigenvalue weighted by molar-refractivity contribution is 9.10. The van der Waals surface area contributed by atoms with Gasteiger partial charge in [-0.25, -0.2) is 0 Å². The molecule has 132 valence electrons. The monoisotopic (exact) mass is 415 g/mol. The Kier molecular flexibility index (Phi) is 4.57. The number of rotatable bonds is 4. The predicted molar refractivity (Wildman–Crippen MR) is 95.6 cm³/mol. The average Bonchev–Trinajstić information content (AvgIpc) is 3.15. The third-order valence-electron chi connectivity index (χ3n) is 3.77. The van der Waals surface area contributed by atoms with Crippen LogP contribution in [0.2, 0.25) is 0 Å². The van der Waals surface area contributed by atoms with E-state index in [0.29, 0.717) is 23.2 Å². The topological polar surface area (TPSA) is 86.5 Å². The van der Waals surface area contributed by atoms with Crippen LogP contribution in [0.3, 0.4) is 0 Å². The summed E-state index contributed by atoms with van der Waals surface area (Å²) in [5, 5.41) is 6.66. The number of carbonyl (C=O) groups is 1. The van der Waals surface area contributed by atoms with Crippen molar-refractivity contribution in [2.24, 2.45) is 0 Å². The molecule has 8 heteroatoms. The molecule has 0 aliphatic carbocycles. The average molecular weight is 416 g/mol. The van der Waals surface area contributed by atoms with E-state index in [2.05, 4.69) is 31.4 Å². The molecule has 1 amide bonds. The lowest BCUT2D eigenvalue weighted by Crippen LogP contribution is -2.43. The van der Waals surface area contributed by atoms with Crippen LogP contribution in [0, 0.1) is 0 Å². The minimum atomic E-state index is -0.725. The number of aromatic nitrogens is 2. The quantitative estimate of drug-likeness (QED) is 0.704. The van der Waals surface area contributed by atoms with Crippen molar-refractivity contribution in [3.63, 3.8) is 0 Å². The second kappa shape index (κ2) is 7.17. The molecular weight excluding hydrogens is 402 g/mol. The van der Waals surface area contributed by atoms with E-state index in [0.717, 1.165) is 10.0 Å². The molecule has 1 N–H and O–H groups in total. The Morgan fingerprint density at radius 2 is 2.04 bits per heavy atom. The fourth-order valence-corrected chi connectivity index (χ4v) is 2.90. The molecule has 1 aliphatic rings. The number of nitrogens with zero attached hydrogens (tertiary/aromatic N) is 2. The maximum atomic E-state index is 12.3. The van der Waals surface area contributed by atoms with Gasteiger partial charge in [-0.05, 0) is 24.3 Å². The highest BCUT2D eigenvalue weighted by Gasteiger charge is 2.27. The first-order chi connectivity index (χ1) is 12.7. The molecule has 0 saturated heterocycles. The lowest BCUT2D eigenvalue weighted by molar-refractivity contribution is -0.130. The van der Waals surface area contributed by atoms with Crippen LogP contribution >= 0.6 is 15.9 Å². The normalized spacial score (nSPS) is 15.5. The maximum Gasteiger partial charge on any atom is 0.265 e. The van der Waals surface area contributed by atoms with E-state index in [9.17, 15) is 4.79 Å². The number of halogens is 1. The molecule has 0 radical (unpaired) electrons. The third kappa shape index (κ3) is 3.55. The lowest BCUT2D eigenvalue weighted by atomic mass is 10.2. The number of ether oxygens (including phenoxy) is 2. The zero-order valence-corrected chi connectivity index (χ0v) is 15.1. The first-order valence-corrected chi connectivity index (χ1v) is 8.73. The summed E-state index contributed by atoms with van der Waals surface area (Å²) in [5.41, 5.74) is 0.821. The first kappa shape index (κ1) is 16.6. The number of benzene rings is 2. The molecule has 7 nitrogen and oxygen atoms in total. The highest BCUT2D eigenvalue weighted by Crippen LogP contribution is 2.30. The Hall–Kier alpha value is -2.87. The van der Waals surface area contributed by atoms with Crippen LogP contribution in [0.4, 0.5) is 0 Å². The minimum absolute atomic E-state index is 0.112. The summed E-state index contributed by atoms with van der Waals surface area (Å²) >= 11 is 3.40. The summed E-state index contributed by atoms with van der Waals surface area (Å²) in [7, 11) is 0. The van der Waals surface area contributed by atoms with Gasteiger partial charge in [0.2, 0.25) is 17.8 Å². The molecule has 1 aliphatic heterocycles. The smallest absolute Gasteiger partial charge is 0.265 e. The molecule has 2 aromatic carbocycles. The second-order valence-corrected chi connectivity index (χ2v) is 6.52. The zero-order valence-electron chi connectivity index (χ0n) is 13.5. The van der Waals surface area contributed by atoms with Crippen molar-refractivity contribution in [2.75, 3.05) is 6.61 Å². The Labute approximate surface area is 157 Å². The van der Waals surface area contributed by atoms with E-state index < -0.39 is 6.10 Å². The van der Waals surface area contributed by atoms with E-state index in [4.69, 9.17) is 14.0 Å². The highest BCUT2D eigenvalue weighted by atomic mass is 79.9. The van der Waals surface area contributed by atoms with Crippen LogP contribution in [0.25, 0.3) is 11.4 Å². The number of nitrogens with one attached hydrogen (secondary N) is 1. The van der Waals surface area contributed by atoms with Crippen molar-refractivity contribution < 1.29 is 18.8 Å². The second-order valence-electron chi connectivity index (χ2n) is 5.60. The van der Waals surface area contributed by atoms with Gasteiger partial charge >= 0.3 is 0 Å². The first-order valence-electron chi connectivity index (χ1n) is 7.94. The molecule has 0 saturated carbocycles. The molecule has 0 bridgehead atoms. The largest absolute Gasteiger partial charge is 0.485 e. The standard InChI is InChI=1S/C18H14BrN3O4/c19-12-5-3-4-11(8-12)17-21-16(26-22-17)9-20-18(23)15-10-24-13-6-1-2-7-14(13)25-15/h1-8,15H,9-10H2,(H,20,23). The van der Waals surface area contributed by atoms with Gasteiger partial charge in [0.25, 0.3) is 5.91 Å². The fourth-order valence-electron chi connectivity index (χ4n) is 2.50. The number of hydrogen-bond acceptors (Lipinski definition) is 6. The van der Waals surface area contributed by atoms with Gasteiger partial charge in [-0.3, -0.25) is 4.79 Å². The van der Waals surface area contributed by atoms with Gasteiger partial charge in [0.15, 0.2) is 11.5 Å². The molecular formula is C18H14BrN3O4. The summed E-state index contributed by atoms with van der Waals surface area (Å²) < 4.78 is 17.3. The minimum Gasteiger partial charge on any atom is -0.485 e. The van der Waals surface area contributed by atoms with Crippen LogP contribution < -0.4 is 14.8 Å². The molecule has 2 heterocycles. The van der Waals surface area contributed by atoms with E-state index in [1.54, 1.807) is 12.1 Å². The molecule has 0 fully saturated rings. The van der Waals surface area contributed by atoms with Gasteiger partial charge in [-0.2, -0.15) is 4.98 Å². The Bertz CT molecular complexity index is 943. The molecule has 26 heavy (non-hydrogen) atoms. The Morgan fingerprint density at radius 1 is 1.19 bits per heavy atom. The molecule has 1 unspecified atom stereocenters. The van der Waals surface area contributed by atoms with E-state index in [1.807, 2.05) is 36.4 Å². The summed E-state index contributed by atoms with van der Waals surface area (Å²) in [6.45, 7) is 0.261. The maximum absolute atomic E-state index is 12.3. The summed E-state index contributed by atoms with van der Waals surface area (Å²) in [5.74, 6) is 1.65. The van der Waals surface area contributed by atoms with Gasteiger partial charge in [0.1, 0.15) is 6.61 Å². The molecule has 1 aromatic heterocycles. The number of para-hydroxylation sites is 2. The van der Waals surface area contributed by atoms with Gasteiger partial charge in [-0.1, -0.05) is 45.4 Å². The van der Waals surface area contributed by atoms with Crippen LogP contribution in [-0.4, -0.2) is 28.8 Å². The van der Waals surface area contributed by atoms with Gasteiger partial charge in [0.05, 0.1) is 6.54 Å². The van der Waals surface area contributed by atoms with Gasteiger partial charge in [-0.15, -0.1) is 0 Å². The Balaban J connectivity index is 1.37. The third-order valence-corrected chi connectivity index (χ3v) is 4.26. The summed E-state index contributed by atoms with van der Waals surface area (Å²) in [4.78, 5) is 16.6. The number of amides is 1. The zero-order chi connectivity index (χ0) is 17.9. The SMILES string of the molecule is O=C(NCc1nc(-c2cccc(Br)c2)no1)C1COc2ccccc2O1.